The van der Waals surface area contributed by atoms with Crippen molar-refractivity contribution >= 4 is 17.7 Å². The van der Waals surface area contributed by atoms with Crippen LogP contribution < -0.4 is 14.4 Å². The van der Waals surface area contributed by atoms with Crippen molar-refractivity contribution in [3.05, 3.63) is 71.1 Å². The molecular formula is C31H34N4O4. The van der Waals surface area contributed by atoms with E-state index >= 15 is 0 Å². The van der Waals surface area contributed by atoms with Crippen LogP contribution in [0.4, 0.5) is 11.4 Å². The molecule has 0 fully saturated rings. The number of carbonyl (C=O) groups is 1. The van der Waals surface area contributed by atoms with Crippen LogP contribution in [0.5, 0.6) is 11.5 Å². The molecular weight excluding hydrogens is 492 g/mol. The predicted molar refractivity (Wildman–Crippen MR) is 152 cm³/mol. The van der Waals surface area contributed by atoms with Gasteiger partial charge in [-0.05, 0) is 68.8 Å². The third-order valence-electron chi connectivity index (χ3n) is 7.03. The van der Waals surface area contributed by atoms with Gasteiger partial charge < -0.3 is 23.8 Å². The van der Waals surface area contributed by atoms with Crippen LogP contribution in [0.1, 0.15) is 33.8 Å². The zero-order valence-electron chi connectivity index (χ0n) is 23.2. The van der Waals surface area contributed by atoms with Crippen LogP contribution in [0.15, 0.2) is 53.1 Å². The lowest BCUT2D eigenvalue weighted by atomic mass is 9.93. The van der Waals surface area contributed by atoms with E-state index in [-0.39, 0.29) is 0 Å². The van der Waals surface area contributed by atoms with Crippen molar-refractivity contribution in [2.75, 3.05) is 45.8 Å². The van der Waals surface area contributed by atoms with Crippen molar-refractivity contribution in [1.29, 1.82) is 0 Å². The fourth-order valence-electron chi connectivity index (χ4n) is 5.05. The number of carbonyl (C=O) groups excluding carboxylic acids is 1. The Balaban J connectivity index is 1.58. The molecule has 0 radical (unpaired) electrons. The molecule has 5 rings (SSSR count). The van der Waals surface area contributed by atoms with Gasteiger partial charge in [-0.15, -0.1) is 0 Å². The number of aromatic nitrogens is 2. The van der Waals surface area contributed by atoms with E-state index in [1.807, 2.05) is 38.4 Å². The second-order valence-corrected chi connectivity index (χ2v) is 10.1. The van der Waals surface area contributed by atoms with Crippen LogP contribution in [0.25, 0.3) is 22.5 Å². The molecule has 39 heavy (non-hydrogen) atoms. The minimum atomic E-state index is 0.531. The summed E-state index contributed by atoms with van der Waals surface area (Å²) in [5.74, 6) is 2.55. The summed E-state index contributed by atoms with van der Waals surface area (Å²) in [5.41, 5.74) is 7.98. The van der Waals surface area contributed by atoms with E-state index < -0.39 is 0 Å². The minimum Gasteiger partial charge on any atom is -0.493 e. The molecule has 0 N–H and O–H groups in total. The lowest BCUT2D eigenvalue weighted by Crippen LogP contribution is -2.25. The van der Waals surface area contributed by atoms with E-state index in [2.05, 4.69) is 51.1 Å². The van der Waals surface area contributed by atoms with E-state index in [0.717, 1.165) is 71.6 Å². The zero-order valence-corrected chi connectivity index (χ0v) is 23.2. The molecule has 4 aromatic rings. The number of nitrogens with zero attached hydrogens (tertiary/aromatic N) is 4. The molecule has 2 heterocycles. The van der Waals surface area contributed by atoms with Gasteiger partial charge in [0, 0.05) is 54.1 Å². The van der Waals surface area contributed by atoms with Gasteiger partial charge in [0.05, 0.1) is 7.11 Å². The van der Waals surface area contributed by atoms with Gasteiger partial charge >= 0.3 is 0 Å². The van der Waals surface area contributed by atoms with Crippen molar-refractivity contribution in [3.8, 4) is 34.0 Å². The summed E-state index contributed by atoms with van der Waals surface area (Å²) < 4.78 is 17.0. The Labute approximate surface area is 229 Å². The fraction of sp³-hybridized carbons (Fsp3) is 0.323. The van der Waals surface area contributed by atoms with Gasteiger partial charge in [-0.2, -0.15) is 4.98 Å². The molecule has 1 aromatic heterocycles. The number of aryl methyl sites for hydroxylation is 3. The van der Waals surface area contributed by atoms with E-state index in [4.69, 9.17) is 14.0 Å². The highest BCUT2D eigenvalue weighted by Gasteiger charge is 2.25. The highest BCUT2D eigenvalue weighted by atomic mass is 16.5. The third-order valence-corrected chi connectivity index (χ3v) is 7.03. The monoisotopic (exact) mass is 526 g/mol. The minimum absolute atomic E-state index is 0.531. The second kappa shape index (κ2) is 11.3. The Kier molecular flexibility index (Phi) is 7.65. The highest BCUT2D eigenvalue weighted by molar-refractivity contribution is 5.90. The molecule has 202 valence electrons. The molecule has 0 aliphatic carbocycles. The fourth-order valence-corrected chi connectivity index (χ4v) is 5.05. The second-order valence-electron chi connectivity index (χ2n) is 10.1. The highest BCUT2D eigenvalue weighted by Crippen LogP contribution is 2.44. The first kappa shape index (κ1) is 26.4. The number of hydrogen-bond acceptors (Lipinski definition) is 8. The molecule has 0 amide bonds. The first-order valence-electron chi connectivity index (χ1n) is 13.1. The SMILES string of the molecule is COc1cc2c(cc1OCCN(C)C)N(c1cc(C=O)ccc1-c1ccc(-c3noc(C)n3)cc1C)CCC2. The van der Waals surface area contributed by atoms with Crippen molar-refractivity contribution in [1.82, 2.24) is 15.0 Å². The lowest BCUT2D eigenvalue weighted by molar-refractivity contribution is 0.112. The van der Waals surface area contributed by atoms with Crippen LogP contribution >= 0.6 is 0 Å². The smallest absolute Gasteiger partial charge is 0.223 e. The van der Waals surface area contributed by atoms with Gasteiger partial charge in [-0.25, -0.2) is 0 Å². The molecule has 0 bridgehead atoms. The number of likely N-dealkylation sites (N-methyl/N-ethyl adjacent to an activating group) is 1. The Morgan fingerprint density at radius 2 is 1.85 bits per heavy atom. The maximum atomic E-state index is 11.8. The molecule has 8 nitrogen and oxygen atoms in total. The summed E-state index contributed by atoms with van der Waals surface area (Å²) in [4.78, 5) is 20.6. The molecule has 0 spiro atoms. The Morgan fingerprint density at radius 1 is 1.03 bits per heavy atom. The first-order valence-corrected chi connectivity index (χ1v) is 13.1. The molecule has 0 saturated heterocycles. The van der Waals surface area contributed by atoms with Crippen LogP contribution in [0.2, 0.25) is 0 Å². The third kappa shape index (κ3) is 5.52. The van der Waals surface area contributed by atoms with Gasteiger partial charge in [0.15, 0.2) is 11.5 Å². The van der Waals surface area contributed by atoms with Crippen LogP contribution in [-0.4, -0.2) is 62.2 Å². The number of benzene rings is 3. The summed E-state index contributed by atoms with van der Waals surface area (Å²) in [6.07, 6.45) is 2.83. The van der Waals surface area contributed by atoms with Crippen molar-refractivity contribution in [2.24, 2.45) is 0 Å². The van der Waals surface area contributed by atoms with Crippen molar-refractivity contribution < 1.29 is 18.8 Å². The number of aldehydes is 1. The van der Waals surface area contributed by atoms with Crippen LogP contribution in [0, 0.1) is 13.8 Å². The zero-order chi connectivity index (χ0) is 27.5. The summed E-state index contributed by atoms with van der Waals surface area (Å²) in [6.45, 7) is 6.04. The number of hydrogen-bond donors (Lipinski definition) is 0. The van der Waals surface area contributed by atoms with Crippen LogP contribution in [-0.2, 0) is 6.42 Å². The van der Waals surface area contributed by atoms with Gasteiger partial charge in [-0.3, -0.25) is 4.79 Å². The standard InChI is InChI=1S/C31H34N4O4/c1-20-15-24(31-32-21(2)39-33-31)9-11-25(20)26-10-8-22(19-36)16-28(26)35-12-6-7-23-17-29(37-5)30(18-27(23)35)38-14-13-34(3)4/h8-11,15-19H,6-7,12-14H2,1-5H3. The first-order chi connectivity index (χ1) is 18.9. The van der Waals surface area contributed by atoms with Crippen molar-refractivity contribution in [3.63, 3.8) is 0 Å². The molecule has 0 unspecified atom stereocenters. The number of rotatable bonds is 9. The van der Waals surface area contributed by atoms with Crippen molar-refractivity contribution in [2.45, 2.75) is 26.7 Å². The van der Waals surface area contributed by atoms with Crippen LogP contribution in [0.3, 0.4) is 0 Å². The molecule has 1 aliphatic heterocycles. The van der Waals surface area contributed by atoms with Gasteiger partial charge in [0.1, 0.15) is 12.9 Å². The number of ether oxygens (including phenoxy) is 2. The summed E-state index contributed by atoms with van der Waals surface area (Å²) >= 11 is 0. The maximum absolute atomic E-state index is 11.8. The average molecular weight is 527 g/mol. The number of fused-ring (bicyclic) bond motifs is 1. The van der Waals surface area contributed by atoms with E-state index in [9.17, 15) is 4.79 Å². The Morgan fingerprint density at radius 3 is 2.54 bits per heavy atom. The summed E-state index contributed by atoms with van der Waals surface area (Å²) in [6, 6.07) is 16.2. The normalized spacial score (nSPS) is 12.9. The largest absolute Gasteiger partial charge is 0.493 e. The quantitative estimate of drug-likeness (QED) is 0.251. The Hall–Kier alpha value is -4.17. The molecule has 8 heteroatoms. The molecule has 0 atom stereocenters. The molecule has 1 aliphatic rings. The number of anilines is 2. The summed E-state index contributed by atoms with van der Waals surface area (Å²) in [5, 5.41) is 4.06. The maximum Gasteiger partial charge on any atom is 0.223 e. The molecule has 0 saturated carbocycles. The Bertz CT molecular complexity index is 1490. The average Bonchev–Trinajstić information content (AvgIpc) is 3.38. The summed E-state index contributed by atoms with van der Waals surface area (Å²) in [7, 11) is 5.72. The predicted octanol–water partition coefficient (Wildman–Crippen LogP) is 5.87. The van der Waals surface area contributed by atoms with Gasteiger partial charge in [-0.1, -0.05) is 29.4 Å². The van der Waals surface area contributed by atoms with E-state index in [0.29, 0.717) is 29.6 Å². The van der Waals surface area contributed by atoms with E-state index in [1.54, 1.807) is 14.0 Å². The number of methoxy groups -OCH3 is 1. The van der Waals surface area contributed by atoms with Gasteiger partial charge in [0.2, 0.25) is 11.7 Å². The topological polar surface area (TPSA) is 80.9 Å². The van der Waals surface area contributed by atoms with Gasteiger partial charge in [0.25, 0.3) is 0 Å². The van der Waals surface area contributed by atoms with E-state index in [1.165, 1.54) is 5.56 Å². The lowest BCUT2D eigenvalue weighted by Gasteiger charge is -2.34. The molecule has 3 aromatic carbocycles.